The maximum Gasteiger partial charge on any atom is 0.251 e. The lowest BCUT2D eigenvalue weighted by atomic mass is 9.87. The lowest BCUT2D eigenvalue weighted by Crippen LogP contribution is -2.25. The molecule has 4 aromatic rings. The van der Waals surface area contributed by atoms with Gasteiger partial charge in [0.1, 0.15) is 0 Å². The number of nitrogens with zero attached hydrogens (tertiary/aromatic N) is 3. The molecule has 0 unspecified atom stereocenters. The van der Waals surface area contributed by atoms with Crippen LogP contribution in [0.2, 0.25) is 5.02 Å². The van der Waals surface area contributed by atoms with Crippen LogP contribution in [0.1, 0.15) is 53.6 Å². The Morgan fingerprint density at radius 3 is 2.41 bits per heavy atom. The van der Waals surface area contributed by atoms with Crippen molar-refractivity contribution in [2.45, 2.75) is 51.7 Å². The summed E-state index contributed by atoms with van der Waals surface area (Å²) in [5, 5.41) is 15.6. The first kappa shape index (κ1) is 28.4. The van der Waals surface area contributed by atoms with Crippen molar-refractivity contribution in [1.82, 2.24) is 20.1 Å². The van der Waals surface area contributed by atoms with Crippen molar-refractivity contribution in [3.8, 4) is 5.69 Å². The van der Waals surface area contributed by atoms with E-state index in [-0.39, 0.29) is 29.5 Å². The van der Waals surface area contributed by atoms with Crippen molar-refractivity contribution >= 4 is 40.9 Å². The number of hydrogen-bond donors (Lipinski definition) is 2. The highest BCUT2D eigenvalue weighted by Gasteiger charge is 2.18. The fourth-order valence-electron chi connectivity index (χ4n) is 3.95. The topological polar surface area (TPSA) is 88.9 Å². The number of aromatic nitrogens is 3. The van der Waals surface area contributed by atoms with Gasteiger partial charge in [-0.25, -0.2) is 0 Å². The molecule has 3 aromatic carbocycles. The predicted octanol–water partition coefficient (Wildman–Crippen LogP) is 6.50. The van der Waals surface area contributed by atoms with E-state index in [1.54, 1.807) is 12.1 Å². The van der Waals surface area contributed by atoms with Crippen LogP contribution in [-0.4, -0.2) is 32.3 Å². The first-order valence-corrected chi connectivity index (χ1v) is 14.0. The van der Waals surface area contributed by atoms with Crippen molar-refractivity contribution in [2.75, 3.05) is 11.1 Å². The molecule has 2 N–H and O–H groups in total. The highest BCUT2D eigenvalue weighted by molar-refractivity contribution is 7.99. The summed E-state index contributed by atoms with van der Waals surface area (Å²) in [5.74, 6) is 0.300. The third kappa shape index (κ3) is 7.28. The van der Waals surface area contributed by atoms with Gasteiger partial charge < -0.3 is 10.6 Å². The maximum absolute atomic E-state index is 12.9. The van der Waals surface area contributed by atoms with Crippen LogP contribution in [0.5, 0.6) is 0 Å². The number of benzene rings is 3. The zero-order valence-electron chi connectivity index (χ0n) is 22.7. The Bertz CT molecular complexity index is 1490. The molecule has 2 amide bonds. The van der Waals surface area contributed by atoms with Gasteiger partial charge in [-0.1, -0.05) is 74.5 Å². The molecule has 0 bridgehead atoms. The minimum atomic E-state index is -0.210. The van der Waals surface area contributed by atoms with Crippen LogP contribution in [0.15, 0.2) is 71.9 Å². The Kier molecular flexibility index (Phi) is 8.77. The molecule has 0 saturated heterocycles. The fraction of sp³-hybridized carbons (Fsp3) is 0.267. The maximum atomic E-state index is 12.9. The molecule has 1 aromatic heterocycles. The van der Waals surface area contributed by atoms with Crippen molar-refractivity contribution < 1.29 is 9.59 Å². The van der Waals surface area contributed by atoms with E-state index in [0.717, 1.165) is 28.1 Å². The lowest BCUT2D eigenvalue weighted by molar-refractivity contribution is -0.113. The molecule has 202 valence electrons. The molecule has 39 heavy (non-hydrogen) atoms. The summed E-state index contributed by atoms with van der Waals surface area (Å²) < 4.78 is 1.81. The molecule has 0 radical (unpaired) electrons. The van der Waals surface area contributed by atoms with Crippen molar-refractivity contribution in [3.05, 3.63) is 99.8 Å². The molecule has 0 spiro atoms. The van der Waals surface area contributed by atoms with Crippen molar-refractivity contribution in [3.63, 3.8) is 0 Å². The molecular weight excluding hydrogens is 530 g/mol. The van der Waals surface area contributed by atoms with Gasteiger partial charge in [0.05, 0.1) is 18.0 Å². The van der Waals surface area contributed by atoms with Gasteiger partial charge in [0.15, 0.2) is 11.0 Å². The Balaban J connectivity index is 1.50. The Labute approximate surface area is 238 Å². The fourth-order valence-corrected chi connectivity index (χ4v) is 4.91. The van der Waals surface area contributed by atoms with Gasteiger partial charge in [-0.2, -0.15) is 0 Å². The van der Waals surface area contributed by atoms with Gasteiger partial charge in [-0.05, 0) is 72.4 Å². The molecule has 0 aliphatic heterocycles. The van der Waals surface area contributed by atoms with Gasteiger partial charge in [0.25, 0.3) is 5.91 Å². The van der Waals surface area contributed by atoms with E-state index in [9.17, 15) is 9.59 Å². The summed E-state index contributed by atoms with van der Waals surface area (Å²) in [6.45, 7) is 10.5. The summed E-state index contributed by atoms with van der Waals surface area (Å²) >= 11 is 7.53. The number of nitrogens with one attached hydrogen (secondary N) is 2. The van der Waals surface area contributed by atoms with E-state index in [2.05, 4.69) is 41.6 Å². The van der Waals surface area contributed by atoms with Crippen LogP contribution in [-0.2, 0) is 16.8 Å². The number of anilines is 1. The van der Waals surface area contributed by atoms with E-state index >= 15 is 0 Å². The number of amides is 2. The molecule has 0 saturated carbocycles. The molecule has 0 aliphatic rings. The Hall–Kier alpha value is -3.62. The van der Waals surface area contributed by atoms with Crippen molar-refractivity contribution in [2.24, 2.45) is 0 Å². The number of carbonyl (C=O) groups is 2. The Morgan fingerprint density at radius 2 is 1.72 bits per heavy atom. The molecule has 4 rings (SSSR count). The first-order chi connectivity index (χ1) is 18.5. The number of rotatable bonds is 8. The largest absolute Gasteiger partial charge is 0.345 e. The van der Waals surface area contributed by atoms with Gasteiger partial charge in [-0.15, -0.1) is 10.2 Å². The number of aryl methyl sites for hydroxylation is 2. The summed E-state index contributed by atoms with van der Waals surface area (Å²) in [6, 6.07) is 20.8. The molecule has 9 heteroatoms. The lowest BCUT2D eigenvalue weighted by Gasteiger charge is -2.19. The summed E-state index contributed by atoms with van der Waals surface area (Å²) in [4.78, 5) is 25.6. The van der Waals surface area contributed by atoms with Gasteiger partial charge >= 0.3 is 0 Å². The number of halogens is 1. The summed E-state index contributed by atoms with van der Waals surface area (Å²) in [6.07, 6.45) is 0. The normalized spacial score (nSPS) is 11.3. The quantitative estimate of drug-likeness (QED) is 0.240. The van der Waals surface area contributed by atoms with E-state index in [0.29, 0.717) is 21.6 Å². The monoisotopic (exact) mass is 561 g/mol. The second-order valence-electron chi connectivity index (χ2n) is 10.4. The Morgan fingerprint density at radius 1 is 0.974 bits per heavy atom. The minimum Gasteiger partial charge on any atom is -0.345 e. The highest BCUT2D eigenvalue weighted by Crippen LogP contribution is 2.25. The average Bonchev–Trinajstić information content (AvgIpc) is 3.30. The summed E-state index contributed by atoms with van der Waals surface area (Å²) in [7, 11) is 0. The van der Waals surface area contributed by atoms with Crippen LogP contribution in [0.25, 0.3) is 5.69 Å². The van der Waals surface area contributed by atoms with E-state index in [4.69, 9.17) is 11.6 Å². The van der Waals surface area contributed by atoms with Crippen LogP contribution in [0.3, 0.4) is 0 Å². The third-order valence-corrected chi connectivity index (χ3v) is 7.35. The second-order valence-corrected chi connectivity index (χ2v) is 11.8. The third-order valence-electron chi connectivity index (χ3n) is 6.19. The number of hydrogen-bond acceptors (Lipinski definition) is 5. The minimum absolute atomic E-state index is 0.00617. The van der Waals surface area contributed by atoms with Crippen molar-refractivity contribution in [1.29, 1.82) is 0 Å². The van der Waals surface area contributed by atoms with Crippen LogP contribution < -0.4 is 10.6 Å². The van der Waals surface area contributed by atoms with E-state index in [1.165, 1.54) is 11.8 Å². The zero-order chi connectivity index (χ0) is 28.2. The van der Waals surface area contributed by atoms with Crippen LogP contribution >= 0.6 is 23.4 Å². The standard InChI is InChI=1S/C30H32ClN5O2S/c1-19-9-10-20(2)25(15-19)33-27(37)18-39-29-35-34-26(36(29)24-8-6-7-23(31)16-24)17-32-28(38)21-11-13-22(14-12-21)30(3,4)5/h6-16H,17-18H2,1-5H3,(H,32,38)(H,33,37). The molecular formula is C30H32ClN5O2S. The second kappa shape index (κ2) is 12.1. The van der Waals surface area contributed by atoms with Crippen LogP contribution in [0.4, 0.5) is 5.69 Å². The van der Waals surface area contributed by atoms with Gasteiger partial charge in [-0.3, -0.25) is 14.2 Å². The van der Waals surface area contributed by atoms with E-state index < -0.39 is 0 Å². The first-order valence-electron chi connectivity index (χ1n) is 12.6. The molecule has 0 atom stereocenters. The SMILES string of the molecule is Cc1ccc(C)c(NC(=O)CSc2nnc(CNC(=O)c3ccc(C(C)(C)C)cc3)n2-c2cccc(Cl)c2)c1. The molecule has 7 nitrogen and oxygen atoms in total. The molecule has 0 aliphatic carbocycles. The van der Waals surface area contributed by atoms with Gasteiger partial charge in [0.2, 0.25) is 5.91 Å². The van der Waals surface area contributed by atoms with Crippen LogP contribution in [0, 0.1) is 13.8 Å². The van der Waals surface area contributed by atoms with E-state index in [1.807, 2.05) is 73.0 Å². The smallest absolute Gasteiger partial charge is 0.251 e. The average molecular weight is 562 g/mol. The molecule has 1 heterocycles. The zero-order valence-corrected chi connectivity index (χ0v) is 24.3. The number of thioether (sulfide) groups is 1. The predicted molar refractivity (Wildman–Crippen MR) is 158 cm³/mol. The molecule has 0 fully saturated rings. The summed E-state index contributed by atoms with van der Waals surface area (Å²) in [5.41, 5.74) is 5.32. The highest BCUT2D eigenvalue weighted by atomic mass is 35.5. The number of carbonyl (C=O) groups excluding carboxylic acids is 2. The van der Waals surface area contributed by atoms with Gasteiger partial charge in [0, 0.05) is 16.3 Å².